The van der Waals surface area contributed by atoms with Gasteiger partial charge in [-0.15, -0.1) is 0 Å². The molecule has 5 nitrogen and oxygen atoms in total. The summed E-state index contributed by atoms with van der Waals surface area (Å²) < 4.78 is 58.5. The van der Waals surface area contributed by atoms with E-state index in [1.807, 2.05) is 0 Å². The summed E-state index contributed by atoms with van der Waals surface area (Å²) in [5.74, 6) is 1.84. The monoisotopic (exact) mass is 603 g/mol. The summed E-state index contributed by atoms with van der Waals surface area (Å²) in [6.45, 7) is 20.1. The molecule has 0 aromatic heterocycles. The number of nitrogens with zero attached hydrogens (tertiary/aromatic N) is 2. The first-order valence-corrected chi connectivity index (χ1v) is 14.6. The van der Waals surface area contributed by atoms with E-state index in [-0.39, 0.29) is 0 Å². The fourth-order valence-corrected chi connectivity index (χ4v) is 4.97. The fourth-order valence-electron chi connectivity index (χ4n) is 4.55. The molecule has 1 aliphatic rings. The molecule has 217 valence electrons. The van der Waals surface area contributed by atoms with Crippen LogP contribution in [0.4, 0.5) is 24.5 Å². The predicted molar refractivity (Wildman–Crippen MR) is 147 cm³/mol. The molecule has 0 unspecified atom stereocenters. The van der Waals surface area contributed by atoms with Crippen molar-refractivity contribution < 1.29 is 41.7 Å². The predicted octanol–water partition coefficient (Wildman–Crippen LogP) is 7.54. The number of hydrogen-bond acceptors (Lipinski definition) is 4. The smallest absolute Gasteiger partial charge is 0.279 e. The minimum Gasteiger partial charge on any atom is -0.279 e. The number of hydrogen-bond donors (Lipinski definition) is 1. The minimum absolute atomic E-state index is 0.460. The molecule has 2 aromatic carbocycles. The Balaban J connectivity index is 0.000000550. The molecule has 38 heavy (non-hydrogen) atoms. The molecule has 1 heterocycles. The van der Waals surface area contributed by atoms with Crippen molar-refractivity contribution in [3.63, 3.8) is 0 Å². The zero-order valence-electron chi connectivity index (χ0n) is 23.2. The Bertz CT molecular complexity index is 1120. The fraction of sp³-hybridized carbons (Fsp3) is 0.536. The summed E-state index contributed by atoms with van der Waals surface area (Å²) in [6, 6.07) is 13.5. The van der Waals surface area contributed by atoms with Gasteiger partial charge in [0.25, 0.3) is 0 Å². The van der Waals surface area contributed by atoms with Crippen molar-refractivity contribution in [1.29, 1.82) is 0 Å². The van der Waals surface area contributed by atoms with Gasteiger partial charge in [0.2, 0.25) is 0 Å². The first-order valence-electron chi connectivity index (χ1n) is 12.7. The Morgan fingerprint density at radius 1 is 0.711 bits per heavy atom. The van der Waals surface area contributed by atoms with E-state index in [0.717, 1.165) is 17.8 Å². The number of halogens is 3. The summed E-state index contributed by atoms with van der Waals surface area (Å²) in [5, 5.41) is 0. The molecule has 0 saturated carbocycles. The number of rotatable bonds is 6. The van der Waals surface area contributed by atoms with Gasteiger partial charge in [-0.05, 0) is 0 Å². The first-order chi connectivity index (χ1) is 17.4. The topological polar surface area (TPSA) is 60.9 Å². The summed E-state index contributed by atoms with van der Waals surface area (Å²) in [5.41, 5.74) is 2.69. The van der Waals surface area contributed by atoms with Crippen LogP contribution in [-0.2, 0) is 25.7 Å². The number of benzene rings is 2. The second-order valence-corrected chi connectivity index (χ2v) is 12.5. The maximum Gasteiger partial charge on any atom is 0.522 e. The van der Waals surface area contributed by atoms with Gasteiger partial charge in [-0.2, -0.15) is 21.6 Å². The van der Waals surface area contributed by atoms with Gasteiger partial charge in [-0.1, -0.05) is 0 Å². The quantitative estimate of drug-likeness (QED) is 0.210. The van der Waals surface area contributed by atoms with Gasteiger partial charge in [-0.3, -0.25) is 4.55 Å². The van der Waals surface area contributed by atoms with Crippen molar-refractivity contribution in [2.75, 3.05) is 22.9 Å². The van der Waals surface area contributed by atoms with E-state index in [1.54, 1.807) is 0 Å². The third-order valence-corrected chi connectivity index (χ3v) is 7.56. The summed E-state index contributed by atoms with van der Waals surface area (Å²) in [7, 11) is -5.84. The molecule has 1 aliphatic heterocycles. The van der Waals surface area contributed by atoms with Gasteiger partial charge in [0.1, 0.15) is 0 Å². The second kappa shape index (κ2) is 12.5. The van der Waals surface area contributed by atoms with Crippen LogP contribution in [0, 0.1) is 0 Å². The van der Waals surface area contributed by atoms with E-state index >= 15 is 0 Å². The molecule has 3 rings (SSSR count). The largest absolute Gasteiger partial charge is 0.522 e. The number of para-hydroxylation sites is 2. The third-order valence-electron chi connectivity index (χ3n) is 6.47. The zero-order valence-corrected chi connectivity index (χ0v) is 24.9. The molecule has 0 amide bonds. The molecule has 0 bridgehead atoms. The van der Waals surface area contributed by atoms with Gasteiger partial charge < -0.3 is 0 Å². The van der Waals surface area contributed by atoms with Crippen LogP contribution in [0.2, 0.25) is 0 Å². The summed E-state index contributed by atoms with van der Waals surface area (Å²) in [4.78, 5) is 4.79. The maximum absolute atomic E-state index is 10.7. The van der Waals surface area contributed by atoms with Crippen LogP contribution in [0.15, 0.2) is 36.4 Å². The Kier molecular flexibility index (Phi) is 10.7. The van der Waals surface area contributed by atoms with Crippen LogP contribution in [0.1, 0.15) is 101 Å². The molecule has 2 aromatic rings. The Hall–Kier alpha value is -1.87. The van der Waals surface area contributed by atoms with E-state index in [9.17, 15) is 13.2 Å². The standard InChI is InChI=1S/C27H38N2.CHF3O3S.Cu/c1-18(2)22-11-9-12-23(19(3)4)26(22)28-15-16-29(17-28)27-24(20(5)6)13-10-14-25(27)21(7)8;2-1(3,4)8(5,6)7;/h9-14,18-21H,15-16H2,1-8H3;(H,5,6,7);. The molecule has 1 fully saturated rings. The van der Waals surface area contributed by atoms with Crippen LogP contribution >= 0.6 is 0 Å². The van der Waals surface area contributed by atoms with Crippen molar-refractivity contribution in [2.24, 2.45) is 0 Å². The molecular formula is C28H39CuF3N2O3S. The van der Waals surface area contributed by atoms with E-state index in [4.69, 9.17) is 28.5 Å². The molecule has 10 heteroatoms. The van der Waals surface area contributed by atoms with Crippen molar-refractivity contribution in [3.05, 3.63) is 58.7 Å². The van der Waals surface area contributed by atoms with Crippen LogP contribution in [0.25, 0.3) is 0 Å². The Morgan fingerprint density at radius 2 is 0.947 bits per heavy atom. The SMILES string of the molecule is CC(C)c1cccc(C(C)C)c1N1CCN(c2c(C(C)C)cccc2C(C)C)[C]1=[Cu].O=S(=O)(O)C(F)(F)F. The van der Waals surface area contributed by atoms with E-state index in [1.165, 1.54) is 33.6 Å². The molecular weight excluding hydrogens is 565 g/mol. The Morgan fingerprint density at radius 3 is 1.13 bits per heavy atom. The van der Waals surface area contributed by atoms with Crippen LogP contribution in [-0.4, -0.2) is 36.2 Å². The zero-order chi connectivity index (χ0) is 29.2. The van der Waals surface area contributed by atoms with Crippen molar-refractivity contribution in [2.45, 2.75) is 84.6 Å². The average Bonchev–Trinajstić information content (AvgIpc) is 3.17. The van der Waals surface area contributed by atoms with E-state index in [2.05, 4.69) is 102 Å². The van der Waals surface area contributed by atoms with Crippen molar-refractivity contribution >= 4 is 26.2 Å². The summed E-state index contributed by atoms with van der Waals surface area (Å²) >= 11 is 6.35. The normalized spacial score (nSPS) is 14.7. The maximum atomic E-state index is 10.7. The van der Waals surface area contributed by atoms with Crippen LogP contribution in [0.5, 0.6) is 0 Å². The van der Waals surface area contributed by atoms with Gasteiger partial charge in [0, 0.05) is 0 Å². The average molecular weight is 604 g/mol. The Labute approximate surface area is 233 Å². The second-order valence-electron chi connectivity index (χ2n) is 10.6. The van der Waals surface area contributed by atoms with E-state index in [0.29, 0.717) is 23.7 Å². The van der Waals surface area contributed by atoms with Gasteiger partial charge in [-0.25, -0.2) is 0 Å². The molecule has 1 saturated heterocycles. The van der Waals surface area contributed by atoms with Crippen molar-refractivity contribution in [3.8, 4) is 0 Å². The molecule has 1 N–H and O–H groups in total. The van der Waals surface area contributed by atoms with Crippen LogP contribution in [0.3, 0.4) is 0 Å². The first kappa shape index (κ1) is 32.3. The van der Waals surface area contributed by atoms with Gasteiger partial charge >= 0.3 is 208 Å². The minimum atomic E-state index is -5.84. The number of anilines is 2. The van der Waals surface area contributed by atoms with Crippen molar-refractivity contribution in [1.82, 2.24) is 0 Å². The molecule has 0 atom stereocenters. The van der Waals surface area contributed by atoms with E-state index < -0.39 is 15.6 Å². The van der Waals surface area contributed by atoms with Gasteiger partial charge in [0.05, 0.1) is 0 Å². The third kappa shape index (κ3) is 7.20. The summed E-state index contributed by atoms with van der Waals surface area (Å²) in [6.07, 6.45) is 0. The number of alkyl halides is 3. The molecule has 0 aliphatic carbocycles. The van der Waals surface area contributed by atoms with Gasteiger partial charge in [0.15, 0.2) is 0 Å². The molecule has 0 spiro atoms. The van der Waals surface area contributed by atoms with Crippen LogP contribution < -0.4 is 9.80 Å². The molecule has 0 radical (unpaired) electrons.